The molecule has 3 N–H and O–H groups in total. The van der Waals surface area contributed by atoms with Gasteiger partial charge >= 0.3 is 5.97 Å². The van der Waals surface area contributed by atoms with Gasteiger partial charge < -0.3 is 20.4 Å². The van der Waals surface area contributed by atoms with E-state index in [0.29, 0.717) is 11.4 Å². The molecule has 1 aliphatic rings. The Morgan fingerprint density at radius 1 is 1.40 bits per heavy atom. The van der Waals surface area contributed by atoms with Gasteiger partial charge in [-0.2, -0.15) is 0 Å². The number of hydrogen-bond acceptors (Lipinski definition) is 4. The zero-order valence-corrected chi connectivity index (χ0v) is 11.7. The van der Waals surface area contributed by atoms with Gasteiger partial charge in [-0.1, -0.05) is 19.3 Å². The lowest BCUT2D eigenvalue weighted by atomic mass is 9.95. The van der Waals surface area contributed by atoms with Crippen molar-refractivity contribution in [2.75, 3.05) is 12.3 Å². The predicted molar refractivity (Wildman–Crippen MR) is 75.1 cm³/mol. The summed E-state index contributed by atoms with van der Waals surface area (Å²) in [7, 11) is 1.70. The van der Waals surface area contributed by atoms with Gasteiger partial charge in [-0.15, -0.1) is 0 Å². The topological polar surface area (TPSA) is 86.3 Å². The standard InChI is InChI=1S/C14H21N3O3/c1-17-8-10(15)7-12(17)14(19)20-9-13(18)16-11-5-3-2-4-6-11/h7-8,11H,2-6,9,15H2,1H3,(H,16,18). The molecule has 1 aromatic heterocycles. The molecule has 0 unspecified atom stereocenters. The molecule has 20 heavy (non-hydrogen) atoms. The highest BCUT2D eigenvalue weighted by Crippen LogP contribution is 2.17. The van der Waals surface area contributed by atoms with E-state index < -0.39 is 5.97 Å². The molecule has 0 saturated heterocycles. The number of esters is 1. The fourth-order valence-corrected chi connectivity index (χ4v) is 2.51. The zero-order chi connectivity index (χ0) is 14.5. The second-order valence-electron chi connectivity index (χ2n) is 5.25. The molecule has 6 heteroatoms. The highest BCUT2D eigenvalue weighted by Gasteiger charge is 2.18. The molecular weight excluding hydrogens is 258 g/mol. The number of ether oxygens (including phenoxy) is 1. The van der Waals surface area contributed by atoms with E-state index in [1.165, 1.54) is 12.5 Å². The number of anilines is 1. The summed E-state index contributed by atoms with van der Waals surface area (Å²) in [4.78, 5) is 23.5. The summed E-state index contributed by atoms with van der Waals surface area (Å²) in [6.45, 7) is -0.250. The molecule has 0 radical (unpaired) electrons. The molecule has 0 bridgehead atoms. The summed E-state index contributed by atoms with van der Waals surface area (Å²) in [5, 5.41) is 2.90. The van der Waals surface area contributed by atoms with Crippen LogP contribution in [-0.2, 0) is 16.6 Å². The van der Waals surface area contributed by atoms with Crippen LogP contribution in [0.4, 0.5) is 5.69 Å². The number of rotatable bonds is 4. The van der Waals surface area contributed by atoms with Crippen molar-refractivity contribution in [1.29, 1.82) is 0 Å². The van der Waals surface area contributed by atoms with Crippen LogP contribution in [0, 0.1) is 0 Å². The van der Waals surface area contributed by atoms with Crippen LogP contribution in [0.15, 0.2) is 12.3 Å². The molecule has 1 heterocycles. The van der Waals surface area contributed by atoms with E-state index in [1.807, 2.05) is 0 Å². The Kier molecular flexibility index (Phi) is 4.65. The third-order valence-corrected chi connectivity index (χ3v) is 3.54. The second kappa shape index (κ2) is 6.45. The van der Waals surface area contributed by atoms with Crippen molar-refractivity contribution in [3.05, 3.63) is 18.0 Å². The number of aromatic nitrogens is 1. The van der Waals surface area contributed by atoms with Gasteiger partial charge in [0.15, 0.2) is 6.61 Å². The van der Waals surface area contributed by atoms with Crippen LogP contribution in [-0.4, -0.2) is 29.1 Å². The number of hydrogen-bond donors (Lipinski definition) is 2. The van der Waals surface area contributed by atoms with Crippen molar-refractivity contribution in [3.8, 4) is 0 Å². The molecule has 0 atom stereocenters. The van der Waals surface area contributed by atoms with Crippen molar-refractivity contribution in [3.63, 3.8) is 0 Å². The number of carbonyl (C=O) groups is 2. The van der Waals surface area contributed by atoms with E-state index in [4.69, 9.17) is 10.5 Å². The molecule has 0 spiro atoms. The summed E-state index contributed by atoms with van der Waals surface area (Å²) < 4.78 is 6.58. The lowest BCUT2D eigenvalue weighted by Gasteiger charge is -2.22. The fraction of sp³-hybridized carbons (Fsp3) is 0.571. The number of nitrogens with two attached hydrogens (primary N) is 1. The first-order valence-electron chi connectivity index (χ1n) is 6.94. The van der Waals surface area contributed by atoms with Gasteiger partial charge in [-0.3, -0.25) is 4.79 Å². The van der Waals surface area contributed by atoms with E-state index in [9.17, 15) is 9.59 Å². The minimum atomic E-state index is -0.539. The normalized spacial score (nSPS) is 15.8. The number of nitrogens with one attached hydrogen (secondary N) is 1. The smallest absolute Gasteiger partial charge is 0.355 e. The second-order valence-corrected chi connectivity index (χ2v) is 5.25. The molecule has 1 amide bonds. The van der Waals surface area contributed by atoms with Gasteiger partial charge in [0.1, 0.15) is 5.69 Å². The predicted octanol–water partition coefficient (Wildman–Crippen LogP) is 1.21. The molecule has 6 nitrogen and oxygen atoms in total. The number of aryl methyl sites for hydroxylation is 1. The summed E-state index contributed by atoms with van der Waals surface area (Å²) in [5.41, 5.74) is 6.42. The van der Waals surface area contributed by atoms with Crippen LogP contribution >= 0.6 is 0 Å². The molecule has 1 saturated carbocycles. The molecule has 110 valence electrons. The van der Waals surface area contributed by atoms with Crippen molar-refractivity contribution in [2.45, 2.75) is 38.1 Å². The van der Waals surface area contributed by atoms with Crippen LogP contribution in [0.2, 0.25) is 0 Å². The maximum atomic E-state index is 11.8. The molecule has 2 rings (SSSR count). The van der Waals surface area contributed by atoms with Crippen molar-refractivity contribution in [1.82, 2.24) is 9.88 Å². The maximum absolute atomic E-state index is 11.8. The van der Waals surface area contributed by atoms with Crippen molar-refractivity contribution in [2.24, 2.45) is 7.05 Å². The quantitative estimate of drug-likeness (QED) is 0.811. The number of amides is 1. The molecule has 0 aromatic carbocycles. The highest BCUT2D eigenvalue weighted by atomic mass is 16.5. The summed E-state index contributed by atoms with van der Waals surface area (Å²) in [6, 6.07) is 1.75. The van der Waals surface area contributed by atoms with Gasteiger partial charge in [-0.05, 0) is 18.9 Å². The van der Waals surface area contributed by atoms with Crippen LogP contribution in [0.25, 0.3) is 0 Å². The van der Waals surface area contributed by atoms with E-state index in [2.05, 4.69) is 5.32 Å². The maximum Gasteiger partial charge on any atom is 0.355 e. The Labute approximate surface area is 118 Å². The van der Waals surface area contributed by atoms with E-state index in [1.54, 1.807) is 17.8 Å². The van der Waals surface area contributed by atoms with Crippen LogP contribution < -0.4 is 11.1 Å². The third-order valence-electron chi connectivity index (χ3n) is 3.54. The van der Waals surface area contributed by atoms with E-state index in [0.717, 1.165) is 25.7 Å². The zero-order valence-electron chi connectivity index (χ0n) is 11.7. The molecule has 1 aromatic rings. The lowest BCUT2D eigenvalue weighted by Crippen LogP contribution is -2.38. The van der Waals surface area contributed by atoms with E-state index >= 15 is 0 Å². The Hall–Kier alpha value is -1.98. The first-order chi connectivity index (χ1) is 9.56. The molecule has 0 aliphatic heterocycles. The Morgan fingerprint density at radius 2 is 2.10 bits per heavy atom. The van der Waals surface area contributed by atoms with Gasteiger partial charge in [-0.25, -0.2) is 4.79 Å². The number of nitrogens with zero attached hydrogens (tertiary/aromatic N) is 1. The number of carbonyl (C=O) groups excluding carboxylic acids is 2. The lowest BCUT2D eigenvalue weighted by molar-refractivity contribution is -0.125. The summed E-state index contributed by atoms with van der Waals surface area (Å²) in [6.07, 6.45) is 7.16. The fourth-order valence-electron chi connectivity index (χ4n) is 2.51. The van der Waals surface area contributed by atoms with Crippen molar-refractivity contribution < 1.29 is 14.3 Å². The average Bonchev–Trinajstić information content (AvgIpc) is 2.76. The van der Waals surface area contributed by atoms with Gasteiger partial charge in [0.25, 0.3) is 5.91 Å². The molecular formula is C14H21N3O3. The van der Waals surface area contributed by atoms with Gasteiger partial charge in [0.2, 0.25) is 0 Å². The minimum absolute atomic E-state index is 0.223. The first kappa shape index (κ1) is 14.4. The molecule has 1 fully saturated rings. The van der Waals surface area contributed by atoms with Crippen LogP contribution in [0.3, 0.4) is 0 Å². The third kappa shape index (κ3) is 3.76. The van der Waals surface area contributed by atoms with E-state index in [-0.39, 0.29) is 18.6 Å². The summed E-state index contributed by atoms with van der Waals surface area (Å²) >= 11 is 0. The monoisotopic (exact) mass is 279 g/mol. The van der Waals surface area contributed by atoms with Gasteiger partial charge in [0.05, 0.1) is 5.69 Å². The highest BCUT2D eigenvalue weighted by molar-refractivity contribution is 5.91. The molecule has 1 aliphatic carbocycles. The Bertz CT molecular complexity index is 490. The van der Waals surface area contributed by atoms with Crippen LogP contribution in [0.1, 0.15) is 42.6 Å². The number of nitrogen functional groups attached to an aromatic ring is 1. The minimum Gasteiger partial charge on any atom is -0.451 e. The Morgan fingerprint density at radius 3 is 2.70 bits per heavy atom. The largest absolute Gasteiger partial charge is 0.451 e. The van der Waals surface area contributed by atoms with Crippen molar-refractivity contribution >= 4 is 17.6 Å². The first-order valence-corrected chi connectivity index (χ1v) is 6.94. The average molecular weight is 279 g/mol. The Balaban J connectivity index is 1.78. The van der Waals surface area contributed by atoms with Gasteiger partial charge in [0, 0.05) is 19.3 Å². The SMILES string of the molecule is Cn1cc(N)cc1C(=O)OCC(=O)NC1CCCCC1. The summed E-state index contributed by atoms with van der Waals surface area (Å²) in [5.74, 6) is -0.782. The van der Waals surface area contributed by atoms with Crippen LogP contribution in [0.5, 0.6) is 0 Å².